The maximum atomic E-state index is 13.1. The van der Waals surface area contributed by atoms with E-state index in [1.165, 1.54) is 12.1 Å². The lowest BCUT2D eigenvalue weighted by molar-refractivity contribution is -0.385. The molecule has 0 aliphatic rings. The molecule has 0 fully saturated rings. The molecule has 6 heteroatoms. The van der Waals surface area contributed by atoms with Gasteiger partial charge in [0, 0.05) is 31.4 Å². The number of nitrogens with one attached hydrogen (secondary N) is 1. The van der Waals surface area contributed by atoms with Crippen molar-refractivity contribution in [3.8, 4) is 0 Å². The van der Waals surface area contributed by atoms with Crippen LogP contribution in [-0.2, 0) is 11.3 Å². The van der Waals surface area contributed by atoms with Crippen LogP contribution in [0.25, 0.3) is 0 Å². The number of hydrogen-bond acceptors (Lipinski definition) is 4. The number of benzene rings is 1. The molecule has 0 saturated carbocycles. The van der Waals surface area contributed by atoms with Gasteiger partial charge >= 0.3 is 0 Å². The summed E-state index contributed by atoms with van der Waals surface area (Å²) in [6, 6.07) is 3.48. The van der Waals surface area contributed by atoms with Crippen LogP contribution in [0, 0.1) is 15.9 Å². The number of hydrogen-bond donors (Lipinski definition) is 1. The summed E-state index contributed by atoms with van der Waals surface area (Å²) in [5.74, 6) is -0.464. The third-order valence-electron chi connectivity index (χ3n) is 2.54. The summed E-state index contributed by atoms with van der Waals surface area (Å²) in [5, 5.41) is 13.8. The Balaban J connectivity index is 2.36. The van der Waals surface area contributed by atoms with E-state index >= 15 is 0 Å². The largest absolute Gasteiger partial charge is 0.381 e. The third-order valence-corrected chi connectivity index (χ3v) is 2.54. The van der Waals surface area contributed by atoms with Crippen LogP contribution in [0.2, 0.25) is 0 Å². The number of nitrogens with zero attached hydrogens (tertiary/aromatic N) is 1. The first-order valence-electron chi connectivity index (χ1n) is 6.36. The second kappa shape index (κ2) is 8.55. The Morgan fingerprint density at radius 1 is 1.42 bits per heavy atom. The van der Waals surface area contributed by atoms with Gasteiger partial charge in [-0.1, -0.05) is 6.92 Å². The van der Waals surface area contributed by atoms with Crippen LogP contribution in [0.15, 0.2) is 18.2 Å². The Labute approximate surface area is 111 Å². The SMILES string of the molecule is CCCOCCCNCc1cc(F)ccc1[N+](=O)[O-]. The van der Waals surface area contributed by atoms with Gasteiger partial charge in [-0.3, -0.25) is 10.1 Å². The van der Waals surface area contributed by atoms with Crippen LogP contribution in [0.1, 0.15) is 25.3 Å². The molecule has 1 aromatic carbocycles. The summed E-state index contributed by atoms with van der Waals surface area (Å²) >= 11 is 0. The van der Waals surface area contributed by atoms with Crippen molar-refractivity contribution < 1.29 is 14.1 Å². The fourth-order valence-electron chi connectivity index (χ4n) is 1.64. The van der Waals surface area contributed by atoms with E-state index in [4.69, 9.17) is 4.74 Å². The van der Waals surface area contributed by atoms with Crippen LogP contribution in [0.4, 0.5) is 10.1 Å². The van der Waals surface area contributed by atoms with Crippen molar-refractivity contribution in [3.05, 3.63) is 39.7 Å². The predicted molar refractivity (Wildman–Crippen MR) is 70.5 cm³/mol. The fraction of sp³-hybridized carbons (Fsp3) is 0.538. The van der Waals surface area contributed by atoms with E-state index in [2.05, 4.69) is 5.32 Å². The second-order valence-corrected chi connectivity index (χ2v) is 4.17. The minimum Gasteiger partial charge on any atom is -0.381 e. The van der Waals surface area contributed by atoms with Crippen molar-refractivity contribution in [2.24, 2.45) is 0 Å². The molecule has 0 unspecified atom stereocenters. The molecule has 0 radical (unpaired) electrons. The van der Waals surface area contributed by atoms with Gasteiger partial charge in [0.25, 0.3) is 5.69 Å². The van der Waals surface area contributed by atoms with E-state index in [9.17, 15) is 14.5 Å². The van der Waals surface area contributed by atoms with Crippen molar-refractivity contribution in [1.29, 1.82) is 0 Å². The third kappa shape index (κ3) is 5.76. The molecule has 19 heavy (non-hydrogen) atoms. The van der Waals surface area contributed by atoms with Gasteiger partial charge in [0.15, 0.2) is 0 Å². The molecular formula is C13H19FN2O3. The number of nitro benzene ring substituents is 1. The Morgan fingerprint density at radius 2 is 2.21 bits per heavy atom. The van der Waals surface area contributed by atoms with Crippen molar-refractivity contribution in [2.45, 2.75) is 26.3 Å². The summed E-state index contributed by atoms with van der Waals surface area (Å²) in [7, 11) is 0. The van der Waals surface area contributed by atoms with Crippen LogP contribution < -0.4 is 5.32 Å². The van der Waals surface area contributed by atoms with Gasteiger partial charge in [-0.2, -0.15) is 0 Å². The number of nitro groups is 1. The van der Waals surface area contributed by atoms with Gasteiger partial charge in [0.2, 0.25) is 0 Å². The van der Waals surface area contributed by atoms with Gasteiger partial charge in [0.05, 0.1) is 4.92 Å². The molecule has 0 atom stereocenters. The smallest absolute Gasteiger partial charge is 0.274 e. The number of halogens is 1. The summed E-state index contributed by atoms with van der Waals surface area (Å²) in [5.41, 5.74) is 0.301. The van der Waals surface area contributed by atoms with E-state index in [1.54, 1.807) is 0 Å². The average molecular weight is 270 g/mol. The van der Waals surface area contributed by atoms with Gasteiger partial charge in [0.1, 0.15) is 5.82 Å². The first-order chi connectivity index (χ1) is 9.15. The zero-order valence-electron chi connectivity index (χ0n) is 11.0. The van der Waals surface area contributed by atoms with Crippen molar-refractivity contribution in [2.75, 3.05) is 19.8 Å². The van der Waals surface area contributed by atoms with E-state index in [0.29, 0.717) is 18.7 Å². The molecule has 0 aliphatic carbocycles. The van der Waals surface area contributed by atoms with E-state index in [1.807, 2.05) is 6.92 Å². The lowest BCUT2D eigenvalue weighted by atomic mass is 10.1. The molecule has 0 heterocycles. The molecule has 5 nitrogen and oxygen atoms in total. The van der Waals surface area contributed by atoms with Crippen LogP contribution >= 0.6 is 0 Å². The van der Waals surface area contributed by atoms with Gasteiger partial charge in [-0.05, 0) is 31.5 Å². The molecule has 1 aromatic rings. The monoisotopic (exact) mass is 270 g/mol. The highest BCUT2D eigenvalue weighted by molar-refractivity contribution is 5.40. The van der Waals surface area contributed by atoms with Crippen molar-refractivity contribution >= 4 is 5.69 Å². The summed E-state index contributed by atoms with van der Waals surface area (Å²) < 4.78 is 18.4. The van der Waals surface area contributed by atoms with E-state index < -0.39 is 10.7 Å². The Kier molecular flexibility index (Phi) is 6.99. The zero-order valence-corrected chi connectivity index (χ0v) is 11.0. The van der Waals surface area contributed by atoms with Gasteiger partial charge in [-0.25, -0.2) is 4.39 Å². The maximum absolute atomic E-state index is 13.1. The number of ether oxygens (including phenoxy) is 1. The molecule has 0 aromatic heterocycles. The van der Waals surface area contributed by atoms with Crippen molar-refractivity contribution in [1.82, 2.24) is 5.32 Å². The average Bonchev–Trinajstić information content (AvgIpc) is 2.37. The van der Waals surface area contributed by atoms with Gasteiger partial charge in [-0.15, -0.1) is 0 Å². The summed E-state index contributed by atoms with van der Waals surface area (Å²) in [4.78, 5) is 10.3. The standard InChI is InChI=1S/C13H19FN2O3/c1-2-7-19-8-3-6-15-10-11-9-12(14)4-5-13(11)16(17)18/h4-5,9,15H,2-3,6-8,10H2,1H3. The normalized spacial score (nSPS) is 10.6. The molecule has 106 valence electrons. The maximum Gasteiger partial charge on any atom is 0.274 e. The van der Waals surface area contributed by atoms with Crippen LogP contribution in [0.3, 0.4) is 0 Å². The quantitative estimate of drug-likeness (QED) is 0.425. The molecule has 0 aliphatic heterocycles. The molecule has 1 N–H and O–H groups in total. The minimum atomic E-state index is -0.499. The van der Waals surface area contributed by atoms with E-state index in [-0.39, 0.29) is 12.2 Å². The molecule has 0 bridgehead atoms. The molecule has 0 spiro atoms. The molecule has 1 rings (SSSR count). The van der Waals surface area contributed by atoms with Gasteiger partial charge < -0.3 is 10.1 Å². The first kappa shape index (κ1) is 15.5. The summed E-state index contributed by atoms with van der Waals surface area (Å²) in [6.45, 7) is 4.40. The molecule has 0 amide bonds. The first-order valence-corrected chi connectivity index (χ1v) is 6.36. The lowest BCUT2D eigenvalue weighted by Gasteiger charge is -2.06. The lowest BCUT2D eigenvalue weighted by Crippen LogP contribution is -2.17. The number of rotatable bonds is 9. The topological polar surface area (TPSA) is 64.4 Å². The minimum absolute atomic E-state index is 0.0591. The van der Waals surface area contributed by atoms with Crippen LogP contribution in [-0.4, -0.2) is 24.7 Å². The predicted octanol–water partition coefficient (Wildman–Crippen LogP) is 2.64. The second-order valence-electron chi connectivity index (χ2n) is 4.17. The highest BCUT2D eigenvalue weighted by atomic mass is 19.1. The Morgan fingerprint density at radius 3 is 2.89 bits per heavy atom. The molecule has 0 saturated heterocycles. The fourth-order valence-corrected chi connectivity index (χ4v) is 1.64. The summed E-state index contributed by atoms with van der Waals surface area (Å²) in [6.07, 6.45) is 1.81. The highest BCUT2D eigenvalue weighted by Gasteiger charge is 2.13. The van der Waals surface area contributed by atoms with E-state index in [0.717, 1.165) is 25.5 Å². The highest BCUT2D eigenvalue weighted by Crippen LogP contribution is 2.19. The van der Waals surface area contributed by atoms with Crippen molar-refractivity contribution in [3.63, 3.8) is 0 Å². The molecular weight excluding hydrogens is 251 g/mol. The zero-order chi connectivity index (χ0) is 14.1. The Bertz CT molecular complexity index is 413. The Hall–Kier alpha value is -1.53. The van der Waals surface area contributed by atoms with Crippen LogP contribution in [0.5, 0.6) is 0 Å².